The van der Waals surface area contributed by atoms with Crippen molar-refractivity contribution in [1.29, 1.82) is 0 Å². The number of anilines is 1. The van der Waals surface area contributed by atoms with Crippen molar-refractivity contribution >= 4 is 11.7 Å². The molecule has 0 aliphatic rings. The van der Waals surface area contributed by atoms with E-state index in [0.29, 0.717) is 5.76 Å². The van der Waals surface area contributed by atoms with Crippen LogP contribution in [-0.4, -0.2) is 20.6 Å². The number of carbonyl (C=O) groups excluding carboxylic acids is 1. The lowest BCUT2D eigenvalue weighted by Crippen LogP contribution is -2.37. The van der Waals surface area contributed by atoms with Crippen molar-refractivity contribution in [3.8, 4) is 0 Å². The molecular weight excluding hydrogens is 240 g/mol. The van der Waals surface area contributed by atoms with Crippen molar-refractivity contribution < 1.29 is 9.32 Å². The highest BCUT2D eigenvalue weighted by atomic mass is 16.5. The van der Waals surface area contributed by atoms with E-state index in [1.54, 1.807) is 6.92 Å². The number of aromatic nitrogens is 3. The first kappa shape index (κ1) is 11.8. The maximum absolute atomic E-state index is 11.8. The number of nitrogens with zero attached hydrogens (tertiary/aromatic N) is 2. The Balaban J connectivity index is 2.33. The third-order valence-corrected chi connectivity index (χ3v) is 2.29. The molecule has 2 rings (SSSR count). The monoisotopic (exact) mass is 250 g/mol. The summed E-state index contributed by atoms with van der Waals surface area (Å²) in [6.45, 7) is 1.67. The lowest BCUT2D eigenvalue weighted by molar-refractivity contribution is 0.102. The predicted octanol–water partition coefficient (Wildman–Crippen LogP) is -0.378. The van der Waals surface area contributed by atoms with Crippen LogP contribution >= 0.6 is 0 Å². The second-order valence-corrected chi connectivity index (χ2v) is 3.65. The largest absolute Gasteiger partial charge is 0.360 e. The summed E-state index contributed by atoms with van der Waals surface area (Å²) in [4.78, 5) is 36.9. The van der Waals surface area contributed by atoms with Crippen LogP contribution in [0.2, 0.25) is 0 Å². The van der Waals surface area contributed by atoms with Gasteiger partial charge in [0.25, 0.3) is 11.5 Å². The van der Waals surface area contributed by atoms with Crippen LogP contribution in [0.1, 0.15) is 16.1 Å². The number of amides is 1. The van der Waals surface area contributed by atoms with Crippen molar-refractivity contribution in [1.82, 2.24) is 14.7 Å². The molecule has 2 heterocycles. The molecule has 2 aromatic heterocycles. The molecule has 0 unspecified atom stereocenters. The number of rotatable bonds is 2. The Kier molecular flexibility index (Phi) is 2.84. The van der Waals surface area contributed by atoms with E-state index in [0.717, 1.165) is 10.8 Å². The number of aromatic amines is 1. The van der Waals surface area contributed by atoms with Gasteiger partial charge in [0, 0.05) is 19.3 Å². The van der Waals surface area contributed by atoms with E-state index in [1.165, 1.54) is 13.1 Å². The Bertz CT molecular complexity index is 709. The van der Waals surface area contributed by atoms with Crippen LogP contribution < -0.4 is 16.6 Å². The van der Waals surface area contributed by atoms with E-state index in [9.17, 15) is 14.4 Å². The molecule has 0 saturated carbocycles. The van der Waals surface area contributed by atoms with E-state index >= 15 is 0 Å². The molecule has 1 amide bonds. The van der Waals surface area contributed by atoms with Gasteiger partial charge in [-0.3, -0.25) is 14.2 Å². The van der Waals surface area contributed by atoms with Gasteiger partial charge in [-0.25, -0.2) is 4.79 Å². The summed E-state index contributed by atoms with van der Waals surface area (Å²) in [5, 5.41) is 5.95. The van der Waals surface area contributed by atoms with Gasteiger partial charge >= 0.3 is 5.69 Å². The minimum absolute atomic E-state index is 0.183. The topological polar surface area (TPSA) is 110 Å². The fraction of sp³-hybridized carbons (Fsp3) is 0.200. The number of carbonyl (C=O) groups is 1. The lowest BCUT2D eigenvalue weighted by Gasteiger charge is -2.01. The van der Waals surface area contributed by atoms with Gasteiger partial charge in [-0.05, 0) is 6.92 Å². The second kappa shape index (κ2) is 4.32. The fourth-order valence-electron chi connectivity index (χ4n) is 1.34. The highest BCUT2D eigenvalue weighted by molar-refractivity contribution is 6.03. The summed E-state index contributed by atoms with van der Waals surface area (Å²) < 4.78 is 5.58. The number of nitrogens with one attached hydrogen (secondary N) is 2. The minimum Gasteiger partial charge on any atom is -0.360 e. The molecule has 0 spiro atoms. The van der Waals surface area contributed by atoms with Gasteiger partial charge in [0.15, 0.2) is 5.82 Å². The van der Waals surface area contributed by atoms with Crippen molar-refractivity contribution in [2.24, 2.45) is 7.05 Å². The molecule has 0 saturated heterocycles. The summed E-state index contributed by atoms with van der Waals surface area (Å²) in [6, 6.07) is 1.51. The molecule has 2 N–H and O–H groups in total. The van der Waals surface area contributed by atoms with Gasteiger partial charge in [0.1, 0.15) is 11.3 Å². The summed E-state index contributed by atoms with van der Waals surface area (Å²) in [7, 11) is 1.28. The number of H-pyrrole nitrogens is 1. The number of hydrogen-bond donors (Lipinski definition) is 2. The van der Waals surface area contributed by atoms with Crippen LogP contribution in [0.15, 0.2) is 26.4 Å². The normalized spacial score (nSPS) is 10.3. The smallest absolute Gasteiger partial charge is 0.328 e. The van der Waals surface area contributed by atoms with Crippen LogP contribution in [0, 0.1) is 6.92 Å². The van der Waals surface area contributed by atoms with Gasteiger partial charge in [0.2, 0.25) is 0 Å². The molecule has 0 bridgehead atoms. The zero-order valence-electron chi connectivity index (χ0n) is 9.68. The molecule has 94 valence electrons. The zero-order valence-corrected chi connectivity index (χ0v) is 9.68. The Morgan fingerprint density at radius 2 is 2.22 bits per heavy atom. The highest BCUT2D eigenvalue weighted by Gasteiger charge is 2.14. The number of hydrogen-bond acceptors (Lipinski definition) is 5. The van der Waals surface area contributed by atoms with E-state index < -0.39 is 17.2 Å². The van der Waals surface area contributed by atoms with E-state index in [-0.39, 0.29) is 11.4 Å². The van der Waals surface area contributed by atoms with Crippen LogP contribution in [0.4, 0.5) is 5.82 Å². The third-order valence-electron chi connectivity index (χ3n) is 2.29. The SMILES string of the molecule is Cc1cc(NC(=O)c2c[nH]c(=O)n(C)c2=O)no1. The van der Waals surface area contributed by atoms with Crippen LogP contribution in [0.3, 0.4) is 0 Å². The van der Waals surface area contributed by atoms with Gasteiger partial charge in [-0.2, -0.15) is 0 Å². The predicted molar refractivity (Wildman–Crippen MR) is 61.5 cm³/mol. The second-order valence-electron chi connectivity index (χ2n) is 3.65. The molecule has 8 nitrogen and oxygen atoms in total. The molecule has 8 heteroatoms. The maximum atomic E-state index is 11.8. The quantitative estimate of drug-likeness (QED) is 0.755. The van der Waals surface area contributed by atoms with E-state index in [1.807, 2.05) is 0 Å². The molecule has 0 radical (unpaired) electrons. The van der Waals surface area contributed by atoms with E-state index in [2.05, 4.69) is 15.5 Å². The Hall–Kier alpha value is -2.64. The Morgan fingerprint density at radius 3 is 2.83 bits per heavy atom. The maximum Gasteiger partial charge on any atom is 0.328 e. The standard InChI is InChI=1S/C10H10N4O4/c1-5-3-7(13-18-5)12-8(15)6-4-11-10(17)14(2)9(6)16/h3-4H,1-2H3,(H,11,17)(H,12,13,15). The van der Waals surface area contributed by atoms with Crippen molar-refractivity contribution in [3.05, 3.63) is 44.4 Å². The van der Waals surface area contributed by atoms with Crippen LogP contribution in [0.25, 0.3) is 0 Å². The molecular formula is C10H10N4O4. The van der Waals surface area contributed by atoms with Crippen molar-refractivity contribution in [2.45, 2.75) is 6.92 Å². The first-order valence-electron chi connectivity index (χ1n) is 5.02. The van der Waals surface area contributed by atoms with Crippen molar-refractivity contribution in [2.75, 3.05) is 5.32 Å². The fourth-order valence-corrected chi connectivity index (χ4v) is 1.34. The zero-order chi connectivity index (χ0) is 13.3. The lowest BCUT2D eigenvalue weighted by atomic mass is 10.3. The molecule has 2 aromatic rings. The molecule has 0 aromatic carbocycles. The summed E-state index contributed by atoms with van der Waals surface area (Å²) in [5.41, 5.74) is -1.46. The van der Waals surface area contributed by atoms with Crippen LogP contribution in [0.5, 0.6) is 0 Å². The third kappa shape index (κ3) is 2.08. The summed E-state index contributed by atoms with van der Waals surface area (Å²) >= 11 is 0. The molecule has 0 aliphatic heterocycles. The molecule has 0 atom stereocenters. The van der Waals surface area contributed by atoms with Crippen LogP contribution in [-0.2, 0) is 7.05 Å². The Morgan fingerprint density at radius 1 is 1.50 bits per heavy atom. The van der Waals surface area contributed by atoms with Gasteiger partial charge in [0.05, 0.1) is 0 Å². The first-order valence-corrected chi connectivity index (χ1v) is 5.02. The molecule has 0 aliphatic carbocycles. The van der Waals surface area contributed by atoms with Gasteiger partial charge in [-0.15, -0.1) is 0 Å². The average Bonchev–Trinajstić information content (AvgIpc) is 2.71. The van der Waals surface area contributed by atoms with Gasteiger partial charge < -0.3 is 14.8 Å². The average molecular weight is 250 g/mol. The Labute approximate surface area is 100 Å². The molecule has 18 heavy (non-hydrogen) atoms. The van der Waals surface area contributed by atoms with E-state index in [4.69, 9.17) is 4.52 Å². The number of aryl methyl sites for hydroxylation is 1. The summed E-state index contributed by atoms with van der Waals surface area (Å²) in [5.74, 6) is 0.0607. The first-order chi connectivity index (χ1) is 8.49. The van der Waals surface area contributed by atoms with Crippen molar-refractivity contribution in [3.63, 3.8) is 0 Å². The highest BCUT2D eigenvalue weighted by Crippen LogP contribution is 2.07. The van der Waals surface area contributed by atoms with Gasteiger partial charge in [-0.1, -0.05) is 5.16 Å². The molecule has 0 fully saturated rings. The summed E-state index contributed by atoms with van der Waals surface area (Å²) in [6.07, 6.45) is 1.06. The minimum atomic E-state index is -0.684.